The molecule has 37 heavy (non-hydrogen) atoms. The Kier molecular flexibility index (Phi) is 5.29. The summed E-state index contributed by atoms with van der Waals surface area (Å²) in [4.78, 5) is 28.8. The van der Waals surface area contributed by atoms with Crippen LogP contribution in [-0.4, -0.2) is 42.4 Å². The molecule has 0 bridgehead atoms. The van der Waals surface area contributed by atoms with Gasteiger partial charge in [0.25, 0.3) is 5.56 Å². The molecule has 8 nitrogen and oxygen atoms in total. The van der Waals surface area contributed by atoms with Crippen molar-refractivity contribution in [2.45, 2.75) is 25.8 Å². The third kappa shape index (κ3) is 3.84. The van der Waals surface area contributed by atoms with Crippen LogP contribution < -0.4 is 10.9 Å². The van der Waals surface area contributed by atoms with Gasteiger partial charge >= 0.3 is 0 Å². The summed E-state index contributed by atoms with van der Waals surface area (Å²) in [5.41, 5.74) is 2.75. The molecular weight excluding hydrogens is 500 g/mol. The molecule has 0 amide bonds. The molecule has 3 aromatic heterocycles. The Bertz CT molecular complexity index is 1760. The second-order valence-corrected chi connectivity index (χ2v) is 10.3. The molecule has 1 aliphatic heterocycles. The highest BCUT2D eigenvalue weighted by Gasteiger charge is 2.30. The van der Waals surface area contributed by atoms with Gasteiger partial charge in [0.05, 0.1) is 5.02 Å². The van der Waals surface area contributed by atoms with Gasteiger partial charge in [0, 0.05) is 48.8 Å². The molecule has 0 aliphatic carbocycles. The summed E-state index contributed by atoms with van der Waals surface area (Å²) >= 11 is 6.13. The van der Waals surface area contributed by atoms with E-state index in [0.29, 0.717) is 6.07 Å². The Hall–Kier alpha value is -3.89. The van der Waals surface area contributed by atoms with E-state index in [-0.39, 0.29) is 38.9 Å². The van der Waals surface area contributed by atoms with E-state index in [1.807, 2.05) is 6.07 Å². The van der Waals surface area contributed by atoms with Crippen molar-refractivity contribution in [2.75, 3.05) is 18.9 Å². The maximum absolute atomic E-state index is 14.7. The SMILES string of the molecule is CN1Cc2cc(Nc3ncc4c(=O)n(-c5c(F)cc(F)cc5Cl)c5nccn5c4n3)ccc2C(C)(C)C1. The zero-order valence-corrected chi connectivity index (χ0v) is 21.0. The third-order valence-electron chi connectivity index (χ3n) is 6.65. The van der Waals surface area contributed by atoms with Gasteiger partial charge in [-0.05, 0) is 36.4 Å². The van der Waals surface area contributed by atoms with Gasteiger partial charge < -0.3 is 10.2 Å². The summed E-state index contributed by atoms with van der Waals surface area (Å²) in [5, 5.41) is 3.08. The van der Waals surface area contributed by atoms with Crippen LogP contribution in [0.25, 0.3) is 22.5 Å². The number of hydrogen-bond acceptors (Lipinski definition) is 6. The first kappa shape index (κ1) is 23.5. The van der Waals surface area contributed by atoms with E-state index in [4.69, 9.17) is 11.6 Å². The van der Waals surface area contributed by atoms with Crippen molar-refractivity contribution < 1.29 is 8.78 Å². The molecule has 0 fully saturated rings. The number of aromatic nitrogens is 5. The minimum Gasteiger partial charge on any atom is -0.324 e. The fraction of sp³-hybridized carbons (Fsp3) is 0.231. The minimum absolute atomic E-state index is 0.0418. The normalized spacial score (nSPS) is 15.3. The van der Waals surface area contributed by atoms with E-state index in [0.717, 1.165) is 29.4 Å². The number of likely N-dealkylation sites (N-methyl/N-ethyl adjacent to an activating group) is 1. The lowest BCUT2D eigenvalue weighted by molar-refractivity contribution is 0.236. The van der Waals surface area contributed by atoms with Crippen molar-refractivity contribution >= 4 is 40.0 Å². The first-order valence-corrected chi connectivity index (χ1v) is 12.0. The maximum Gasteiger partial charge on any atom is 0.270 e. The second-order valence-electron chi connectivity index (χ2n) is 9.94. The largest absolute Gasteiger partial charge is 0.324 e. The first-order valence-electron chi connectivity index (χ1n) is 11.6. The van der Waals surface area contributed by atoms with Crippen LogP contribution in [0.2, 0.25) is 5.02 Å². The fourth-order valence-electron chi connectivity index (χ4n) is 5.25. The molecule has 5 aromatic rings. The lowest BCUT2D eigenvalue weighted by Gasteiger charge is -2.38. The number of nitrogens with zero attached hydrogens (tertiary/aromatic N) is 6. The molecule has 0 atom stereocenters. The number of halogens is 3. The maximum atomic E-state index is 14.7. The van der Waals surface area contributed by atoms with Crippen LogP contribution in [0.5, 0.6) is 0 Å². The Morgan fingerprint density at radius 2 is 1.95 bits per heavy atom. The van der Waals surface area contributed by atoms with Crippen LogP contribution >= 0.6 is 11.6 Å². The van der Waals surface area contributed by atoms with Crippen LogP contribution in [0.1, 0.15) is 25.0 Å². The smallest absolute Gasteiger partial charge is 0.270 e. The van der Waals surface area contributed by atoms with Gasteiger partial charge in [-0.1, -0.05) is 31.5 Å². The number of hydrogen-bond donors (Lipinski definition) is 1. The van der Waals surface area contributed by atoms with Crippen molar-refractivity contribution in [3.05, 3.63) is 87.1 Å². The monoisotopic (exact) mass is 521 g/mol. The molecule has 0 spiro atoms. The highest BCUT2D eigenvalue weighted by atomic mass is 35.5. The van der Waals surface area contributed by atoms with Crippen molar-refractivity contribution in [2.24, 2.45) is 0 Å². The lowest BCUT2D eigenvalue weighted by Crippen LogP contribution is -2.39. The van der Waals surface area contributed by atoms with E-state index in [1.54, 1.807) is 6.20 Å². The molecule has 1 aliphatic rings. The summed E-state index contributed by atoms with van der Waals surface area (Å²) < 4.78 is 30.9. The zero-order valence-electron chi connectivity index (χ0n) is 20.3. The molecule has 0 saturated heterocycles. The Labute approximate surface area is 215 Å². The molecule has 1 N–H and O–H groups in total. The molecule has 0 radical (unpaired) electrons. The summed E-state index contributed by atoms with van der Waals surface area (Å²) in [5.74, 6) is -1.48. The molecule has 188 valence electrons. The Balaban J connectivity index is 1.46. The Morgan fingerprint density at radius 1 is 1.14 bits per heavy atom. The number of benzene rings is 2. The first-order chi connectivity index (χ1) is 17.6. The van der Waals surface area contributed by atoms with Gasteiger partial charge in [0.15, 0.2) is 11.5 Å². The van der Waals surface area contributed by atoms with Crippen LogP contribution in [-0.2, 0) is 12.0 Å². The number of rotatable bonds is 3. The van der Waals surface area contributed by atoms with E-state index >= 15 is 0 Å². The van der Waals surface area contributed by atoms with Gasteiger partial charge in [0.1, 0.15) is 16.9 Å². The van der Waals surface area contributed by atoms with E-state index in [2.05, 4.69) is 58.2 Å². The van der Waals surface area contributed by atoms with Gasteiger partial charge in [0.2, 0.25) is 11.7 Å². The summed E-state index contributed by atoms with van der Waals surface area (Å²) in [6, 6.07) is 7.81. The highest BCUT2D eigenvalue weighted by molar-refractivity contribution is 6.32. The standard InChI is InChI=1S/C26H22ClF2N7O/c1-26(2)13-34(3)12-14-8-16(4-5-18(14)26)32-24-31-11-17-22(33-24)35-7-6-30-25(35)36(23(17)37)21-19(27)9-15(28)10-20(21)29/h4-11H,12-13H2,1-3H3,(H,31,32,33). The molecular formula is C26H22ClF2N7O. The summed E-state index contributed by atoms with van der Waals surface area (Å²) in [7, 11) is 2.10. The van der Waals surface area contributed by atoms with Gasteiger partial charge in [-0.2, -0.15) is 4.98 Å². The molecule has 0 saturated carbocycles. The fourth-order valence-corrected chi connectivity index (χ4v) is 5.53. The van der Waals surface area contributed by atoms with Crippen LogP contribution in [0.3, 0.4) is 0 Å². The molecule has 4 heterocycles. The van der Waals surface area contributed by atoms with E-state index < -0.39 is 17.2 Å². The van der Waals surface area contributed by atoms with E-state index in [9.17, 15) is 13.6 Å². The van der Waals surface area contributed by atoms with Gasteiger partial charge in [-0.3, -0.25) is 9.20 Å². The zero-order chi connectivity index (χ0) is 26.1. The summed E-state index contributed by atoms with van der Waals surface area (Å²) in [6.45, 7) is 6.28. The summed E-state index contributed by atoms with van der Waals surface area (Å²) in [6.07, 6.45) is 4.42. The van der Waals surface area contributed by atoms with Crippen molar-refractivity contribution in [1.29, 1.82) is 0 Å². The van der Waals surface area contributed by atoms with Crippen molar-refractivity contribution in [1.82, 2.24) is 28.8 Å². The number of anilines is 2. The number of nitrogens with one attached hydrogen (secondary N) is 1. The predicted octanol–water partition coefficient (Wildman–Crippen LogP) is 4.83. The molecule has 2 aromatic carbocycles. The average Bonchev–Trinajstić information content (AvgIpc) is 3.29. The Morgan fingerprint density at radius 3 is 2.73 bits per heavy atom. The van der Waals surface area contributed by atoms with Crippen LogP contribution in [0, 0.1) is 11.6 Å². The highest BCUT2D eigenvalue weighted by Crippen LogP contribution is 2.34. The number of fused-ring (bicyclic) bond motifs is 4. The number of imidazole rings is 1. The van der Waals surface area contributed by atoms with Crippen molar-refractivity contribution in [3.8, 4) is 5.69 Å². The van der Waals surface area contributed by atoms with Gasteiger partial charge in [-0.25, -0.2) is 23.3 Å². The van der Waals surface area contributed by atoms with Crippen molar-refractivity contribution in [3.63, 3.8) is 0 Å². The third-order valence-corrected chi connectivity index (χ3v) is 6.94. The lowest BCUT2D eigenvalue weighted by atomic mass is 9.78. The van der Waals surface area contributed by atoms with Crippen LogP contribution in [0.4, 0.5) is 20.4 Å². The average molecular weight is 522 g/mol. The van der Waals surface area contributed by atoms with Crippen LogP contribution in [0.15, 0.2) is 53.7 Å². The molecule has 11 heteroatoms. The molecule has 6 rings (SSSR count). The van der Waals surface area contributed by atoms with E-state index in [1.165, 1.54) is 27.9 Å². The topological polar surface area (TPSA) is 80.4 Å². The van der Waals surface area contributed by atoms with Gasteiger partial charge in [-0.15, -0.1) is 0 Å². The quantitative estimate of drug-likeness (QED) is 0.366. The molecule has 0 unspecified atom stereocenters. The minimum atomic E-state index is -0.989. The second kappa shape index (κ2) is 8.32. The predicted molar refractivity (Wildman–Crippen MR) is 138 cm³/mol.